The molecule has 1 N–H and O–H groups in total. The molecular weight excluding hydrogens is 416 g/mol. The SMILES string of the molecule is COc1cc(Cl)c(NC(=O)CCc2c(C)nc3c4ccccc4nn3c2C)cc1OC. The highest BCUT2D eigenvalue weighted by atomic mass is 35.5. The molecule has 0 aliphatic rings. The van der Waals surface area contributed by atoms with Gasteiger partial charge in [-0.3, -0.25) is 4.79 Å². The van der Waals surface area contributed by atoms with Crippen molar-refractivity contribution in [3.8, 4) is 11.5 Å². The number of anilines is 1. The number of nitrogens with zero attached hydrogens (tertiary/aromatic N) is 3. The second kappa shape index (κ2) is 8.43. The molecule has 1 amide bonds. The number of halogens is 1. The monoisotopic (exact) mass is 438 g/mol. The van der Waals surface area contributed by atoms with E-state index in [4.69, 9.17) is 26.1 Å². The Balaban J connectivity index is 1.55. The number of nitrogens with one attached hydrogen (secondary N) is 1. The smallest absolute Gasteiger partial charge is 0.224 e. The fraction of sp³-hybridized carbons (Fsp3) is 0.261. The zero-order chi connectivity index (χ0) is 22.1. The van der Waals surface area contributed by atoms with Gasteiger partial charge in [0.1, 0.15) is 0 Å². The minimum atomic E-state index is -0.154. The third-order valence-corrected chi connectivity index (χ3v) is 5.68. The van der Waals surface area contributed by atoms with Gasteiger partial charge < -0.3 is 14.8 Å². The molecule has 160 valence electrons. The van der Waals surface area contributed by atoms with E-state index in [1.165, 1.54) is 14.2 Å². The Kier molecular flexibility index (Phi) is 5.69. The largest absolute Gasteiger partial charge is 0.493 e. The molecule has 0 unspecified atom stereocenters. The predicted molar refractivity (Wildman–Crippen MR) is 121 cm³/mol. The molecule has 0 saturated heterocycles. The number of carbonyl (C=O) groups excluding carboxylic acids is 1. The number of aryl methyl sites for hydroxylation is 2. The first-order valence-electron chi connectivity index (χ1n) is 9.88. The van der Waals surface area contributed by atoms with Gasteiger partial charge in [0.25, 0.3) is 0 Å². The number of fused-ring (bicyclic) bond motifs is 3. The lowest BCUT2D eigenvalue weighted by Crippen LogP contribution is -2.14. The summed E-state index contributed by atoms with van der Waals surface area (Å²) in [6.45, 7) is 3.97. The van der Waals surface area contributed by atoms with Crippen LogP contribution in [0.5, 0.6) is 11.5 Å². The van der Waals surface area contributed by atoms with Gasteiger partial charge in [0.2, 0.25) is 5.91 Å². The van der Waals surface area contributed by atoms with Gasteiger partial charge in [0.15, 0.2) is 17.1 Å². The van der Waals surface area contributed by atoms with Crippen molar-refractivity contribution in [2.45, 2.75) is 26.7 Å². The Labute approximate surface area is 184 Å². The summed E-state index contributed by atoms with van der Waals surface area (Å²) < 4.78 is 12.4. The first-order valence-corrected chi connectivity index (χ1v) is 10.3. The van der Waals surface area contributed by atoms with Gasteiger partial charge in [-0.05, 0) is 38.0 Å². The maximum atomic E-state index is 12.6. The minimum Gasteiger partial charge on any atom is -0.493 e. The molecule has 0 aliphatic carbocycles. The van der Waals surface area contributed by atoms with Gasteiger partial charge in [-0.2, -0.15) is 5.10 Å². The molecule has 7 nitrogen and oxygen atoms in total. The number of methoxy groups -OCH3 is 2. The maximum absolute atomic E-state index is 12.6. The Bertz CT molecular complexity index is 1300. The van der Waals surface area contributed by atoms with E-state index in [-0.39, 0.29) is 12.3 Å². The second-order valence-electron chi connectivity index (χ2n) is 7.25. The molecule has 0 radical (unpaired) electrons. The molecule has 8 heteroatoms. The van der Waals surface area contributed by atoms with Crippen molar-refractivity contribution in [2.24, 2.45) is 0 Å². The van der Waals surface area contributed by atoms with E-state index in [9.17, 15) is 4.79 Å². The van der Waals surface area contributed by atoms with Crippen LogP contribution in [-0.2, 0) is 11.2 Å². The number of carbonyl (C=O) groups is 1. The van der Waals surface area contributed by atoms with Crippen LogP contribution in [0.3, 0.4) is 0 Å². The van der Waals surface area contributed by atoms with E-state index in [2.05, 4.69) is 10.4 Å². The summed E-state index contributed by atoms with van der Waals surface area (Å²) in [6.07, 6.45) is 0.813. The van der Waals surface area contributed by atoms with Crippen molar-refractivity contribution in [3.63, 3.8) is 0 Å². The standard InChI is InChI=1S/C23H23ClN4O3/c1-13-15(14(2)28-23(25-13)16-7-5-6-8-18(16)27-28)9-10-22(29)26-19-12-21(31-4)20(30-3)11-17(19)24/h5-8,11-12H,9-10H2,1-4H3,(H,26,29). The summed E-state index contributed by atoms with van der Waals surface area (Å²) in [5, 5.41) is 8.92. The number of aromatic nitrogens is 3. The second-order valence-corrected chi connectivity index (χ2v) is 7.66. The topological polar surface area (TPSA) is 77.8 Å². The average molecular weight is 439 g/mol. The van der Waals surface area contributed by atoms with Crippen molar-refractivity contribution < 1.29 is 14.3 Å². The van der Waals surface area contributed by atoms with Crippen LogP contribution < -0.4 is 14.8 Å². The zero-order valence-electron chi connectivity index (χ0n) is 17.8. The Morgan fingerprint density at radius 3 is 2.58 bits per heavy atom. The number of benzene rings is 2. The predicted octanol–water partition coefficient (Wildman–Crippen LogP) is 4.74. The molecular formula is C23H23ClN4O3. The molecule has 31 heavy (non-hydrogen) atoms. The fourth-order valence-corrected chi connectivity index (χ4v) is 3.94. The van der Waals surface area contributed by atoms with Crippen LogP contribution in [0.15, 0.2) is 36.4 Å². The van der Waals surface area contributed by atoms with Gasteiger partial charge in [-0.15, -0.1) is 0 Å². The van der Waals surface area contributed by atoms with E-state index in [0.717, 1.165) is 33.5 Å². The van der Waals surface area contributed by atoms with Crippen molar-refractivity contribution >= 4 is 39.7 Å². The van der Waals surface area contributed by atoms with E-state index in [1.807, 2.05) is 42.6 Å². The molecule has 0 atom stereocenters. The quantitative estimate of drug-likeness (QED) is 0.470. The molecule has 0 aliphatic heterocycles. The lowest BCUT2D eigenvalue weighted by molar-refractivity contribution is -0.116. The first-order chi connectivity index (χ1) is 14.9. The molecule has 2 aromatic heterocycles. The van der Waals surface area contributed by atoms with E-state index >= 15 is 0 Å². The van der Waals surface area contributed by atoms with Crippen LogP contribution in [0.4, 0.5) is 5.69 Å². The van der Waals surface area contributed by atoms with Gasteiger partial charge in [0, 0.05) is 35.3 Å². The molecule has 2 heterocycles. The first kappa shape index (κ1) is 20.9. The number of hydrogen-bond donors (Lipinski definition) is 1. The summed E-state index contributed by atoms with van der Waals surface area (Å²) in [5.74, 6) is 0.843. The molecule has 0 spiro atoms. The van der Waals surface area contributed by atoms with E-state index in [1.54, 1.807) is 12.1 Å². The Hall–Kier alpha value is -3.32. The molecule has 0 saturated carbocycles. The van der Waals surface area contributed by atoms with Crippen LogP contribution in [0, 0.1) is 13.8 Å². The number of ether oxygens (including phenoxy) is 2. The van der Waals surface area contributed by atoms with Gasteiger partial charge in [-0.25, -0.2) is 9.50 Å². The summed E-state index contributed by atoms with van der Waals surface area (Å²) in [6, 6.07) is 11.2. The van der Waals surface area contributed by atoms with Crippen LogP contribution in [0.25, 0.3) is 16.6 Å². The molecule has 4 aromatic rings. The highest BCUT2D eigenvalue weighted by Crippen LogP contribution is 2.36. The van der Waals surface area contributed by atoms with Crippen molar-refractivity contribution in [2.75, 3.05) is 19.5 Å². The van der Waals surface area contributed by atoms with Gasteiger partial charge in [-0.1, -0.05) is 23.7 Å². The fourth-order valence-electron chi connectivity index (χ4n) is 3.74. The van der Waals surface area contributed by atoms with Crippen molar-refractivity contribution in [3.05, 3.63) is 58.4 Å². The number of hydrogen-bond acceptors (Lipinski definition) is 5. The minimum absolute atomic E-state index is 0.154. The van der Waals surface area contributed by atoms with Gasteiger partial charge in [0.05, 0.1) is 30.4 Å². The zero-order valence-corrected chi connectivity index (χ0v) is 18.6. The van der Waals surface area contributed by atoms with Gasteiger partial charge >= 0.3 is 0 Å². The van der Waals surface area contributed by atoms with E-state index in [0.29, 0.717) is 28.6 Å². The van der Waals surface area contributed by atoms with Crippen molar-refractivity contribution in [1.82, 2.24) is 14.6 Å². The number of rotatable bonds is 6. The average Bonchev–Trinajstić information content (AvgIpc) is 3.13. The van der Waals surface area contributed by atoms with Crippen LogP contribution in [0.2, 0.25) is 5.02 Å². The highest BCUT2D eigenvalue weighted by molar-refractivity contribution is 6.34. The lowest BCUT2D eigenvalue weighted by atomic mass is 10.1. The molecule has 0 fully saturated rings. The number of amides is 1. The normalized spacial score (nSPS) is 11.1. The van der Waals surface area contributed by atoms with Crippen LogP contribution in [0.1, 0.15) is 23.4 Å². The summed E-state index contributed by atoms with van der Waals surface area (Å²) in [5.41, 5.74) is 5.09. The Morgan fingerprint density at radius 1 is 1.13 bits per heavy atom. The third kappa shape index (κ3) is 3.88. The van der Waals surface area contributed by atoms with Crippen LogP contribution in [-0.4, -0.2) is 34.7 Å². The Morgan fingerprint density at radius 2 is 1.84 bits per heavy atom. The molecule has 0 bridgehead atoms. The lowest BCUT2D eigenvalue weighted by Gasteiger charge is -2.14. The molecule has 2 aromatic carbocycles. The summed E-state index contributed by atoms with van der Waals surface area (Å²) in [4.78, 5) is 17.4. The third-order valence-electron chi connectivity index (χ3n) is 5.37. The van der Waals surface area contributed by atoms with Crippen LogP contribution >= 0.6 is 11.6 Å². The van der Waals surface area contributed by atoms with E-state index < -0.39 is 0 Å². The summed E-state index contributed by atoms with van der Waals surface area (Å²) in [7, 11) is 3.06. The highest BCUT2D eigenvalue weighted by Gasteiger charge is 2.16. The summed E-state index contributed by atoms with van der Waals surface area (Å²) >= 11 is 6.28. The maximum Gasteiger partial charge on any atom is 0.224 e. The van der Waals surface area contributed by atoms with Crippen molar-refractivity contribution in [1.29, 1.82) is 0 Å². The molecule has 4 rings (SSSR count).